The summed E-state index contributed by atoms with van der Waals surface area (Å²) in [5.41, 5.74) is 7.34. The van der Waals surface area contributed by atoms with Gasteiger partial charge in [0.1, 0.15) is 0 Å². The minimum atomic E-state index is -1.14. The van der Waals surface area contributed by atoms with Crippen molar-refractivity contribution >= 4 is 47.4 Å². The molecule has 2 atom stereocenters. The quantitative estimate of drug-likeness (QED) is 0.332. The maximum Gasteiger partial charge on any atom is 0.266 e. The lowest BCUT2D eigenvalue weighted by molar-refractivity contribution is -0.132. The highest BCUT2D eigenvalue weighted by molar-refractivity contribution is 7.78. The number of fused-ring (bicyclic) bond motifs is 2. The minimum absolute atomic E-state index is 0.0905. The molecule has 2 aliphatic rings. The van der Waals surface area contributed by atoms with Crippen molar-refractivity contribution in [3.8, 4) is 11.1 Å². The third kappa shape index (κ3) is 2.83. The van der Waals surface area contributed by atoms with Crippen LogP contribution in [-0.4, -0.2) is 39.6 Å². The summed E-state index contributed by atoms with van der Waals surface area (Å²) in [6, 6.07) is 11.6. The zero-order chi connectivity index (χ0) is 24.5. The van der Waals surface area contributed by atoms with Crippen LogP contribution in [0.5, 0.6) is 0 Å². The SMILES string of the molecule is C/C=C(/C(=O)N(C)C=O)c1c(C)ccc2c1C(C)c1ccc3c4c(ccc-2c14)C(O)N(S)C3=O. The number of aliphatic hydroxyl groups is 1. The monoisotopic (exact) mass is 472 g/mol. The topological polar surface area (TPSA) is 77.9 Å². The fraction of sp³-hybridized carbons (Fsp3) is 0.222. The maximum absolute atomic E-state index is 13.1. The van der Waals surface area contributed by atoms with Crippen LogP contribution >= 0.6 is 12.8 Å². The first-order chi connectivity index (χ1) is 16.2. The smallest absolute Gasteiger partial charge is 0.266 e. The number of imide groups is 1. The van der Waals surface area contributed by atoms with E-state index in [4.69, 9.17) is 0 Å². The third-order valence-corrected chi connectivity index (χ3v) is 7.48. The number of allylic oxidation sites excluding steroid dienone is 1. The molecule has 1 aliphatic carbocycles. The first-order valence-electron chi connectivity index (χ1n) is 11.1. The molecule has 0 aromatic heterocycles. The Bertz CT molecular complexity index is 1460. The summed E-state index contributed by atoms with van der Waals surface area (Å²) >= 11 is 4.20. The zero-order valence-electron chi connectivity index (χ0n) is 19.3. The van der Waals surface area contributed by atoms with Gasteiger partial charge in [0.25, 0.3) is 11.8 Å². The molecule has 5 rings (SSSR count). The van der Waals surface area contributed by atoms with Crippen LogP contribution < -0.4 is 0 Å². The zero-order valence-corrected chi connectivity index (χ0v) is 20.2. The molecule has 2 unspecified atom stereocenters. The number of carbonyl (C=O) groups excluding carboxylic acids is 3. The average molecular weight is 473 g/mol. The Morgan fingerprint density at radius 1 is 1.06 bits per heavy atom. The van der Waals surface area contributed by atoms with Crippen LogP contribution in [0.2, 0.25) is 0 Å². The first kappa shape index (κ1) is 22.4. The maximum atomic E-state index is 13.1. The Kier molecular flexibility index (Phi) is 5.15. The van der Waals surface area contributed by atoms with E-state index >= 15 is 0 Å². The average Bonchev–Trinajstić information content (AvgIpc) is 2.85. The predicted octanol–water partition coefficient (Wildman–Crippen LogP) is 4.59. The Hall–Kier alpha value is -3.42. The van der Waals surface area contributed by atoms with E-state index in [0.29, 0.717) is 23.1 Å². The van der Waals surface area contributed by atoms with E-state index in [2.05, 4.69) is 19.7 Å². The van der Waals surface area contributed by atoms with Crippen molar-refractivity contribution in [2.75, 3.05) is 7.05 Å². The number of aliphatic hydroxyl groups excluding tert-OH is 1. The highest BCUT2D eigenvalue weighted by Gasteiger charge is 2.36. The number of likely N-dealkylation sites (N-methyl/N-ethyl adjacent to an activating group) is 1. The largest absolute Gasteiger partial charge is 0.368 e. The van der Waals surface area contributed by atoms with E-state index in [0.717, 1.165) is 53.4 Å². The molecule has 0 spiro atoms. The summed E-state index contributed by atoms with van der Waals surface area (Å²) in [7, 11) is 1.46. The fourth-order valence-electron chi connectivity index (χ4n) is 5.43. The van der Waals surface area contributed by atoms with Crippen molar-refractivity contribution < 1.29 is 19.5 Å². The summed E-state index contributed by atoms with van der Waals surface area (Å²) in [5, 5.41) is 12.4. The molecule has 7 heteroatoms. The van der Waals surface area contributed by atoms with Crippen LogP contribution in [-0.2, 0) is 9.59 Å². The predicted molar refractivity (Wildman–Crippen MR) is 134 cm³/mol. The number of carbonyl (C=O) groups is 3. The molecule has 0 saturated heterocycles. The number of rotatable bonds is 3. The molecule has 34 heavy (non-hydrogen) atoms. The van der Waals surface area contributed by atoms with E-state index in [1.54, 1.807) is 19.1 Å². The Labute approximate surface area is 203 Å². The molecular weight excluding hydrogens is 448 g/mol. The highest BCUT2D eigenvalue weighted by Crippen LogP contribution is 2.51. The molecule has 0 saturated carbocycles. The molecule has 1 N–H and O–H groups in total. The normalized spacial score (nSPS) is 18.7. The lowest BCUT2D eigenvalue weighted by Crippen LogP contribution is -2.31. The molecule has 3 aromatic carbocycles. The van der Waals surface area contributed by atoms with E-state index in [9.17, 15) is 19.5 Å². The third-order valence-electron chi connectivity index (χ3n) is 7.08. The summed E-state index contributed by atoms with van der Waals surface area (Å²) in [6.45, 7) is 5.85. The second-order valence-corrected chi connectivity index (χ2v) is 9.27. The Balaban J connectivity index is 1.85. The van der Waals surface area contributed by atoms with Crippen molar-refractivity contribution in [3.63, 3.8) is 0 Å². The second-order valence-electron chi connectivity index (χ2n) is 8.84. The van der Waals surface area contributed by atoms with Crippen molar-refractivity contribution in [2.24, 2.45) is 0 Å². The van der Waals surface area contributed by atoms with Gasteiger partial charge in [-0.3, -0.25) is 23.6 Å². The van der Waals surface area contributed by atoms with Crippen molar-refractivity contribution in [2.45, 2.75) is 32.9 Å². The van der Waals surface area contributed by atoms with Gasteiger partial charge in [0, 0.05) is 35.1 Å². The van der Waals surface area contributed by atoms with Crippen molar-refractivity contribution in [1.82, 2.24) is 9.21 Å². The molecule has 172 valence electrons. The van der Waals surface area contributed by atoms with Gasteiger partial charge in [-0.1, -0.05) is 56.1 Å². The van der Waals surface area contributed by atoms with Crippen LogP contribution in [0, 0.1) is 6.92 Å². The summed E-state index contributed by atoms with van der Waals surface area (Å²) in [6.07, 6.45) is 1.14. The van der Waals surface area contributed by atoms with Gasteiger partial charge >= 0.3 is 0 Å². The van der Waals surface area contributed by atoms with Gasteiger partial charge in [0.2, 0.25) is 6.41 Å². The molecule has 0 radical (unpaired) electrons. The molecule has 3 amide bonds. The molecule has 0 fully saturated rings. The van der Waals surface area contributed by atoms with Crippen molar-refractivity contribution in [3.05, 3.63) is 75.9 Å². The molecule has 0 bridgehead atoms. The Morgan fingerprint density at radius 2 is 1.68 bits per heavy atom. The second kappa shape index (κ2) is 7.82. The highest BCUT2D eigenvalue weighted by atomic mass is 32.1. The summed E-state index contributed by atoms with van der Waals surface area (Å²) < 4.78 is 1.05. The molecule has 1 aliphatic heterocycles. The van der Waals surface area contributed by atoms with Crippen LogP contribution in [0.25, 0.3) is 27.5 Å². The standard InChI is InChI=1S/C27H24N2O4S/c1-5-15(25(31)28(4)12-30)21-13(2)6-7-17-18-9-11-20-24-19(26(32)29(34)27(20)33)10-8-16(23(18)24)14(3)22(17)21/h5-12,14,27,33-34H,1-4H3/b15-5+. The number of hydrogen-bond donors (Lipinski definition) is 2. The van der Waals surface area contributed by atoms with Gasteiger partial charge in [-0.15, -0.1) is 0 Å². The number of nitrogens with zero attached hydrogens (tertiary/aromatic N) is 2. The van der Waals surface area contributed by atoms with Gasteiger partial charge < -0.3 is 5.11 Å². The van der Waals surface area contributed by atoms with Gasteiger partial charge in [-0.05, 0) is 58.7 Å². The number of hydrogen-bond acceptors (Lipinski definition) is 5. The number of aryl methyl sites for hydroxylation is 1. The minimum Gasteiger partial charge on any atom is -0.368 e. The van der Waals surface area contributed by atoms with E-state index in [1.165, 1.54) is 7.05 Å². The van der Waals surface area contributed by atoms with Crippen LogP contribution in [0.1, 0.15) is 64.2 Å². The van der Waals surface area contributed by atoms with Gasteiger partial charge in [-0.25, -0.2) is 0 Å². The van der Waals surface area contributed by atoms with Crippen LogP contribution in [0.15, 0.2) is 42.5 Å². The number of thiol groups is 1. The summed E-state index contributed by atoms with van der Waals surface area (Å²) in [4.78, 5) is 38.3. The molecule has 1 heterocycles. The lowest BCUT2D eigenvalue weighted by Gasteiger charge is -2.35. The lowest BCUT2D eigenvalue weighted by atomic mass is 9.72. The molecular formula is C27H24N2O4S. The van der Waals surface area contributed by atoms with Gasteiger partial charge in [0.15, 0.2) is 6.23 Å². The van der Waals surface area contributed by atoms with Crippen LogP contribution in [0.4, 0.5) is 0 Å². The first-order valence-corrected chi connectivity index (χ1v) is 11.5. The van der Waals surface area contributed by atoms with Crippen LogP contribution in [0.3, 0.4) is 0 Å². The number of amides is 3. The fourth-order valence-corrected chi connectivity index (χ4v) is 5.66. The van der Waals surface area contributed by atoms with Gasteiger partial charge in [-0.2, -0.15) is 0 Å². The van der Waals surface area contributed by atoms with Crippen molar-refractivity contribution in [1.29, 1.82) is 0 Å². The van der Waals surface area contributed by atoms with Gasteiger partial charge in [0.05, 0.1) is 0 Å². The molecule has 6 nitrogen and oxygen atoms in total. The Morgan fingerprint density at radius 3 is 2.35 bits per heavy atom. The van der Waals surface area contributed by atoms with E-state index < -0.39 is 6.23 Å². The molecule has 3 aromatic rings. The number of benzene rings is 3. The summed E-state index contributed by atoms with van der Waals surface area (Å²) in [5.74, 6) is -0.791. The van der Waals surface area contributed by atoms with E-state index in [-0.39, 0.29) is 17.7 Å². The van der Waals surface area contributed by atoms with E-state index in [1.807, 2.05) is 37.3 Å².